The van der Waals surface area contributed by atoms with Gasteiger partial charge >= 0.3 is 0 Å². The molecule has 1 aliphatic rings. The van der Waals surface area contributed by atoms with Gasteiger partial charge in [-0.2, -0.15) is 4.98 Å². The summed E-state index contributed by atoms with van der Waals surface area (Å²) >= 11 is 6.11. The first-order valence-electron chi connectivity index (χ1n) is 7.36. The van der Waals surface area contributed by atoms with E-state index in [2.05, 4.69) is 15.1 Å². The molecule has 112 valence electrons. The molecule has 0 atom stereocenters. The molecule has 1 aliphatic carbocycles. The summed E-state index contributed by atoms with van der Waals surface area (Å²) in [5.74, 6) is 1.07. The van der Waals surface area contributed by atoms with Crippen LogP contribution in [0, 0.1) is 5.41 Å². The molecule has 1 saturated carbocycles. The van der Waals surface area contributed by atoms with Crippen molar-refractivity contribution in [2.24, 2.45) is 11.1 Å². The van der Waals surface area contributed by atoms with E-state index in [1.54, 1.807) is 18.3 Å². The summed E-state index contributed by atoms with van der Waals surface area (Å²) in [5, 5.41) is 4.53. The standard InChI is InChI=1S/C15H19ClN4O/c16-11-5-4-8-18-13(11)14-19-12(21-20-14)9-15(10-17)6-2-1-3-7-15/h4-5,8H,1-3,6-7,9-10,17H2. The minimum Gasteiger partial charge on any atom is -0.339 e. The maximum Gasteiger partial charge on any atom is 0.227 e. The third-order valence-corrected chi connectivity index (χ3v) is 4.62. The monoisotopic (exact) mass is 306 g/mol. The van der Waals surface area contributed by atoms with Gasteiger partial charge in [0.2, 0.25) is 11.7 Å². The van der Waals surface area contributed by atoms with Gasteiger partial charge in [-0.1, -0.05) is 36.0 Å². The zero-order valence-electron chi connectivity index (χ0n) is 11.9. The molecule has 2 heterocycles. The number of aromatic nitrogens is 3. The van der Waals surface area contributed by atoms with Crippen LogP contribution in [0.2, 0.25) is 5.02 Å². The number of nitrogens with two attached hydrogens (primary N) is 1. The number of hydrogen-bond acceptors (Lipinski definition) is 5. The van der Waals surface area contributed by atoms with Crippen molar-refractivity contribution >= 4 is 11.6 Å². The average Bonchev–Trinajstić information content (AvgIpc) is 2.97. The molecule has 0 aliphatic heterocycles. The highest BCUT2D eigenvalue weighted by molar-refractivity contribution is 6.32. The Kier molecular flexibility index (Phi) is 4.22. The molecule has 2 aromatic heterocycles. The Morgan fingerprint density at radius 3 is 2.81 bits per heavy atom. The molecule has 5 nitrogen and oxygen atoms in total. The molecule has 0 radical (unpaired) electrons. The molecule has 0 bridgehead atoms. The molecule has 1 fully saturated rings. The van der Waals surface area contributed by atoms with E-state index in [0.717, 1.165) is 19.3 Å². The van der Waals surface area contributed by atoms with Gasteiger partial charge in [-0.05, 0) is 36.9 Å². The largest absolute Gasteiger partial charge is 0.339 e. The number of halogens is 1. The predicted molar refractivity (Wildman–Crippen MR) is 80.8 cm³/mol. The highest BCUT2D eigenvalue weighted by atomic mass is 35.5. The highest BCUT2D eigenvalue weighted by Crippen LogP contribution is 2.38. The quantitative estimate of drug-likeness (QED) is 0.938. The molecule has 6 heteroatoms. The van der Waals surface area contributed by atoms with Gasteiger partial charge in [0.05, 0.1) is 5.02 Å². The van der Waals surface area contributed by atoms with E-state index in [1.165, 1.54) is 19.3 Å². The van der Waals surface area contributed by atoms with Crippen molar-refractivity contribution in [3.8, 4) is 11.5 Å². The minimum absolute atomic E-state index is 0.107. The first-order chi connectivity index (χ1) is 10.2. The van der Waals surface area contributed by atoms with Crippen LogP contribution in [-0.2, 0) is 6.42 Å². The third kappa shape index (κ3) is 3.09. The van der Waals surface area contributed by atoms with Crippen LogP contribution in [0.4, 0.5) is 0 Å². The Morgan fingerprint density at radius 2 is 2.10 bits per heavy atom. The van der Waals surface area contributed by atoms with Crippen LogP contribution in [-0.4, -0.2) is 21.7 Å². The lowest BCUT2D eigenvalue weighted by molar-refractivity contribution is 0.177. The van der Waals surface area contributed by atoms with Gasteiger partial charge in [0, 0.05) is 12.6 Å². The fourth-order valence-electron chi connectivity index (χ4n) is 3.05. The molecule has 2 aromatic rings. The van der Waals surface area contributed by atoms with Crippen LogP contribution < -0.4 is 5.73 Å². The van der Waals surface area contributed by atoms with Gasteiger partial charge in [0.25, 0.3) is 0 Å². The molecule has 0 spiro atoms. The maximum absolute atomic E-state index is 6.11. The third-order valence-electron chi connectivity index (χ3n) is 4.31. The van der Waals surface area contributed by atoms with E-state index in [-0.39, 0.29) is 5.41 Å². The summed E-state index contributed by atoms with van der Waals surface area (Å²) in [6, 6.07) is 3.54. The summed E-state index contributed by atoms with van der Waals surface area (Å²) < 4.78 is 5.39. The zero-order chi connectivity index (χ0) is 14.7. The molecule has 0 saturated heterocycles. The maximum atomic E-state index is 6.11. The summed E-state index contributed by atoms with van der Waals surface area (Å²) in [5.41, 5.74) is 6.67. The molecule has 21 heavy (non-hydrogen) atoms. The molecule has 2 N–H and O–H groups in total. The van der Waals surface area contributed by atoms with Crippen molar-refractivity contribution in [3.05, 3.63) is 29.2 Å². The normalized spacial score (nSPS) is 17.8. The molecular weight excluding hydrogens is 288 g/mol. The Labute approximate surface area is 128 Å². The van der Waals surface area contributed by atoms with Crippen LogP contribution in [0.1, 0.15) is 38.0 Å². The summed E-state index contributed by atoms with van der Waals surface area (Å²) in [7, 11) is 0. The van der Waals surface area contributed by atoms with Crippen molar-refractivity contribution in [2.45, 2.75) is 38.5 Å². The number of hydrogen-bond donors (Lipinski definition) is 1. The Morgan fingerprint density at radius 1 is 1.29 bits per heavy atom. The fraction of sp³-hybridized carbons (Fsp3) is 0.533. The van der Waals surface area contributed by atoms with Crippen LogP contribution in [0.3, 0.4) is 0 Å². The zero-order valence-corrected chi connectivity index (χ0v) is 12.6. The molecule has 0 aromatic carbocycles. The van der Waals surface area contributed by atoms with E-state index < -0.39 is 0 Å². The lowest BCUT2D eigenvalue weighted by atomic mass is 9.72. The summed E-state index contributed by atoms with van der Waals surface area (Å²) in [6.07, 6.45) is 8.41. The van der Waals surface area contributed by atoms with Gasteiger partial charge in [-0.25, -0.2) is 0 Å². The van der Waals surface area contributed by atoms with E-state index in [1.807, 2.05) is 0 Å². The smallest absolute Gasteiger partial charge is 0.227 e. The fourth-order valence-corrected chi connectivity index (χ4v) is 3.25. The van der Waals surface area contributed by atoms with Crippen LogP contribution >= 0.6 is 11.6 Å². The average molecular weight is 307 g/mol. The van der Waals surface area contributed by atoms with E-state index >= 15 is 0 Å². The van der Waals surface area contributed by atoms with Crippen molar-refractivity contribution in [3.63, 3.8) is 0 Å². The van der Waals surface area contributed by atoms with Crippen LogP contribution in [0.25, 0.3) is 11.5 Å². The topological polar surface area (TPSA) is 77.8 Å². The van der Waals surface area contributed by atoms with Gasteiger partial charge in [0.15, 0.2) is 0 Å². The SMILES string of the molecule is NCC1(Cc2nc(-c3ncccc3Cl)no2)CCCCC1. The second-order valence-electron chi connectivity index (χ2n) is 5.79. The van der Waals surface area contributed by atoms with Gasteiger partial charge in [-0.3, -0.25) is 4.98 Å². The number of nitrogens with zero attached hydrogens (tertiary/aromatic N) is 3. The van der Waals surface area contributed by atoms with Gasteiger partial charge in [0.1, 0.15) is 5.69 Å². The van der Waals surface area contributed by atoms with E-state index in [9.17, 15) is 0 Å². The van der Waals surface area contributed by atoms with E-state index in [4.69, 9.17) is 21.9 Å². The lowest BCUT2D eigenvalue weighted by Crippen LogP contribution is -2.35. The number of rotatable bonds is 4. The number of pyridine rings is 1. The molecule has 0 unspecified atom stereocenters. The Hall–Kier alpha value is -1.46. The first kappa shape index (κ1) is 14.5. The summed E-state index contributed by atoms with van der Waals surface area (Å²) in [4.78, 5) is 8.65. The van der Waals surface area contributed by atoms with Gasteiger partial charge < -0.3 is 10.3 Å². The lowest BCUT2D eigenvalue weighted by Gasteiger charge is -2.34. The molecular formula is C15H19ClN4O. The van der Waals surface area contributed by atoms with Gasteiger partial charge in [-0.15, -0.1) is 0 Å². The second kappa shape index (κ2) is 6.12. The predicted octanol–water partition coefficient (Wildman–Crippen LogP) is 3.24. The van der Waals surface area contributed by atoms with Crippen LogP contribution in [0.15, 0.2) is 22.9 Å². The van der Waals surface area contributed by atoms with Crippen molar-refractivity contribution in [1.29, 1.82) is 0 Å². The van der Waals surface area contributed by atoms with Crippen molar-refractivity contribution in [1.82, 2.24) is 15.1 Å². The second-order valence-corrected chi connectivity index (χ2v) is 6.19. The molecule has 0 amide bonds. The highest BCUT2D eigenvalue weighted by Gasteiger charge is 2.33. The molecule has 3 rings (SSSR count). The Balaban J connectivity index is 1.80. The minimum atomic E-state index is 0.107. The summed E-state index contributed by atoms with van der Waals surface area (Å²) in [6.45, 7) is 0.662. The van der Waals surface area contributed by atoms with E-state index in [0.29, 0.717) is 29.0 Å². The first-order valence-corrected chi connectivity index (χ1v) is 7.74. The van der Waals surface area contributed by atoms with Crippen molar-refractivity contribution in [2.75, 3.05) is 6.54 Å². The Bertz CT molecular complexity index is 607. The van der Waals surface area contributed by atoms with Crippen LogP contribution in [0.5, 0.6) is 0 Å². The van der Waals surface area contributed by atoms with Crippen molar-refractivity contribution < 1.29 is 4.52 Å².